The maximum absolute atomic E-state index is 12.5. The van der Waals surface area contributed by atoms with Crippen LogP contribution in [0, 0.1) is 3.57 Å². The lowest BCUT2D eigenvalue weighted by molar-refractivity contribution is -0.136. The van der Waals surface area contributed by atoms with Crippen molar-refractivity contribution < 1.29 is 18.7 Å². The molecule has 16 heavy (non-hydrogen) atoms. The molecule has 0 aliphatic rings. The molecule has 1 aromatic heterocycles. The number of pyridine rings is 1. The summed E-state index contributed by atoms with van der Waals surface area (Å²) in [6, 6.07) is 0. The van der Waals surface area contributed by atoms with Crippen LogP contribution in [0.4, 0.5) is 8.78 Å². The number of carboxylic acids is 1. The van der Waals surface area contributed by atoms with Crippen molar-refractivity contribution in [2.75, 3.05) is 0 Å². The van der Waals surface area contributed by atoms with E-state index in [-0.39, 0.29) is 21.6 Å². The number of hydrogen-bond acceptors (Lipinski definition) is 2. The van der Waals surface area contributed by atoms with Crippen LogP contribution in [-0.2, 0) is 17.1 Å². The number of hydrogen-bond donors (Lipinski definition) is 1. The van der Waals surface area contributed by atoms with Gasteiger partial charge in [-0.1, -0.05) is 0 Å². The van der Waals surface area contributed by atoms with Gasteiger partial charge in [-0.25, -0.2) is 8.78 Å². The Labute approximate surface area is 109 Å². The molecule has 0 saturated heterocycles. The summed E-state index contributed by atoms with van der Waals surface area (Å²) in [6.07, 6.45) is -1.81. The number of alkyl halides is 3. The van der Waals surface area contributed by atoms with Crippen LogP contribution in [0.2, 0.25) is 0 Å². The Bertz CT molecular complexity index is 415. The monoisotopic (exact) mass is 361 g/mol. The molecular weight excluding hydrogens is 354 g/mol. The highest BCUT2D eigenvalue weighted by molar-refractivity contribution is 14.1. The third kappa shape index (κ3) is 3.00. The molecule has 1 N–H and O–H groups in total. The van der Waals surface area contributed by atoms with Crippen LogP contribution in [0.25, 0.3) is 0 Å². The fraction of sp³-hybridized carbons (Fsp3) is 0.333. The summed E-state index contributed by atoms with van der Waals surface area (Å²) in [5, 5.41) is 8.63. The van der Waals surface area contributed by atoms with Crippen molar-refractivity contribution in [3.63, 3.8) is 0 Å². The second-order valence-corrected chi connectivity index (χ2v) is 4.31. The van der Waals surface area contributed by atoms with Crippen molar-refractivity contribution in [1.82, 2.24) is 4.98 Å². The van der Waals surface area contributed by atoms with Crippen LogP contribution >= 0.6 is 34.2 Å². The standard InChI is InChI=1S/C9H7ClF2INO2/c10-2-5-4(1-6(15)16)3-14-8(7(5)13)9(11)12/h3,9H,1-2H2,(H,15,16). The van der Waals surface area contributed by atoms with Gasteiger partial charge in [0.05, 0.1) is 6.42 Å². The summed E-state index contributed by atoms with van der Waals surface area (Å²) in [4.78, 5) is 14.1. The molecule has 1 aromatic rings. The Morgan fingerprint density at radius 3 is 2.69 bits per heavy atom. The largest absolute Gasteiger partial charge is 0.481 e. The Kier molecular flexibility index (Phi) is 4.85. The second-order valence-electron chi connectivity index (χ2n) is 2.97. The van der Waals surface area contributed by atoms with Gasteiger partial charge in [-0.05, 0) is 33.7 Å². The minimum absolute atomic E-state index is 0.0108. The van der Waals surface area contributed by atoms with Crippen LogP contribution in [0.15, 0.2) is 6.20 Å². The summed E-state index contributed by atoms with van der Waals surface area (Å²) in [6.45, 7) is 0. The maximum Gasteiger partial charge on any atom is 0.307 e. The molecule has 0 bridgehead atoms. The Morgan fingerprint density at radius 1 is 1.62 bits per heavy atom. The van der Waals surface area contributed by atoms with Crippen molar-refractivity contribution in [3.8, 4) is 0 Å². The van der Waals surface area contributed by atoms with Gasteiger partial charge in [0, 0.05) is 15.6 Å². The summed E-state index contributed by atoms with van der Waals surface area (Å²) < 4.78 is 25.3. The molecule has 7 heteroatoms. The molecule has 0 amide bonds. The number of halogens is 4. The van der Waals surface area contributed by atoms with Gasteiger partial charge in [-0.2, -0.15) is 0 Å². The van der Waals surface area contributed by atoms with Gasteiger partial charge in [0.1, 0.15) is 5.69 Å². The first-order chi connectivity index (χ1) is 7.47. The van der Waals surface area contributed by atoms with E-state index in [0.29, 0.717) is 11.1 Å². The third-order valence-electron chi connectivity index (χ3n) is 1.92. The Morgan fingerprint density at radius 2 is 2.25 bits per heavy atom. The predicted octanol–water partition coefficient (Wildman–Crippen LogP) is 2.99. The zero-order chi connectivity index (χ0) is 12.3. The molecule has 0 unspecified atom stereocenters. The molecular formula is C9H7ClF2INO2. The lowest BCUT2D eigenvalue weighted by atomic mass is 10.1. The average Bonchev–Trinajstić information content (AvgIpc) is 2.16. The van der Waals surface area contributed by atoms with Crippen molar-refractivity contribution >= 4 is 40.2 Å². The lowest BCUT2D eigenvalue weighted by Crippen LogP contribution is -2.08. The van der Waals surface area contributed by atoms with Gasteiger partial charge in [0.2, 0.25) is 0 Å². The van der Waals surface area contributed by atoms with Gasteiger partial charge in [0.15, 0.2) is 0 Å². The molecule has 0 aromatic carbocycles. The van der Waals surface area contributed by atoms with E-state index in [2.05, 4.69) is 4.98 Å². The van der Waals surface area contributed by atoms with Crippen molar-refractivity contribution in [2.24, 2.45) is 0 Å². The first-order valence-corrected chi connectivity index (χ1v) is 5.80. The average molecular weight is 362 g/mol. The van der Waals surface area contributed by atoms with E-state index in [1.54, 1.807) is 22.6 Å². The zero-order valence-electron chi connectivity index (χ0n) is 7.88. The van der Waals surface area contributed by atoms with Crippen LogP contribution in [0.3, 0.4) is 0 Å². The Balaban J connectivity index is 3.23. The number of rotatable bonds is 4. The van der Waals surface area contributed by atoms with Crippen molar-refractivity contribution in [1.29, 1.82) is 0 Å². The number of aliphatic carboxylic acids is 1. The second kappa shape index (κ2) is 5.72. The number of carbonyl (C=O) groups is 1. The summed E-state index contributed by atoms with van der Waals surface area (Å²) in [5.41, 5.74) is 0.427. The minimum atomic E-state index is -2.69. The fourth-order valence-electron chi connectivity index (χ4n) is 1.19. The highest BCUT2D eigenvalue weighted by Gasteiger charge is 2.19. The van der Waals surface area contributed by atoms with E-state index in [4.69, 9.17) is 16.7 Å². The van der Waals surface area contributed by atoms with E-state index in [9.17, 15) is 13.6 Å². The van der Waals surface area contributed by atoms with Crippen LogP contribution in [-0.4, -0.2) is 16.1 Å². The molecule has 1 heterocycles. The highest BCUT2D eigenvalue weighted by Crippen LogP contribution is 2.28. The maximum atomic E-state index is 12.5. The number of aromatic nitrogens is 1. The fourth-order valence-corrected chi connectivity index (χ4v) is 2.63. The van der Waals surface area contributed by atoms with Gasteiger partial charge in [-0.3, -0.25) is 9.78 Å². The van der Waals surface area contributed by atoms with Crippen molar-refractivity contribution in [2.45, 2.75) is 18.7 Å². The molecule has 0 fully saturated rings. The van der Waals surface area contributed by atoms with E-state index in [0.717, 1.165) is 6.20 Å². The quantitative estimate of drug-likeness (QED) is 0.662. The lowest BCUT2D eigenvalue weighted by Gasteiger charge is -2.10. The van der Waals surface area contributed by atoms with Crippen LogP contribution < -0.4 is 0 Å². The molecule has 0 saturated carbocycles. The highest BCUT2D eigenvalue weighted by atomic mass is 127. The molecule has 0 radical (unpaired) electrons. The van der Waals surface area contributed by atoms with Gasteiger partial charge >= 0.3 is 5.97 Å². The Hall–Kier alpha value is -0.500. The summed E-state index contributed by atoms with van der Waals surface area (Å²) in [7, 11) is 0. The van der Waals surface area contributed by atoms with Gasteiger partial charge < -0.3 is 5.11 Å². The normalized spacial score (nSPS) is 10.8. The summed E-state index contributed by atoms with van der Waals surface area (Å²) >= 11 is 7.34. The molecule has 0 spiro atoms. The van der Waals surface area contributed by atoms with E-state index in [1.807, 2.05) is 0 Å². The smallest absolute Gasteiger partial charge is 0.307 e. The van der Waals surface area contributed by atoms with E-state index >= 15 is 0 Å². The van der Waals surface area contributed by atoms with Gasteiger partial charge in [-0.15, -0.1) is 11.6 Å². The number of carboxylic acid groups (broad SMARTS) is 1. The summed E-state index contributed by atoms with van der Waals surface area (Å²) in [5.74, 6) is -1.06. The first kappa shape index (κ1) is 13.6. The zero-order valence-corrected chi connectivity index (χ0v) is 10.8. The van der Waals surface area contributed by atoms with Crippen LogP contribution in [0.1, 0.15) is 23.2 Å². The molecule has 0 atom stereocenters. The molecule has 0 aliphatic carbocycles. The van der Waals surface area contributed by atoms with Gasteiger partial charge in [0.25, 0.3) is 6.43 Å². The molecule has 1 rings (SSSR count). The SMILES string of the molecule is O=C(O)Cc1cnc(C(F)F)c(I)c1CCl. The molecule has 88 valence electrons. The minimum Gasteiger partial charge on any atom is -0.481 e. The molecule has 0 aliphatic heterocycles. The third-order valence-corrected chi connectivity index (χ3v) is 3.39. The van der Waals surface area contributed by atoms with Crippen molar-refractivity contribution in [3.05, 3.63) is 26.6 Å². The van der Waals surface area contributed by atoms with E-state index in [1.165, 1.54) is 0 Å². The van der Waals surface area contributed by atoms with E-state index < -0.39 is 12.4 Å². The first-order valence-electron chi connectivity index (χ1n) is 4.19. The topological polar surface area (TPSA) is 50.2 Å². The predicted molar refractivity (Wildman–Crippen MR) is 62.8 cm³/mol. The molecule has 3 nitrogen and oxygen atoms in total. The van der Waals surface area contributed by atoms with Crippen LogP contribution in [0.5, 0.6) is 0 Å². The number of nitrogens with zero attached hydrogens (tertiary/aromatic N) is 1.